The standard InChI is InChI=1S/C12H12OS/c1-10-6-3-4-8-12(10)14-11(2)7-5-9-13/h3-9H,2H2,1H3/b7-5+. The molecule has 0 N–H and O–H groups in total. The number of allylic oxidation sites excluding steroid dienone is 2. The van der Waals surface area contributed by atoms with Crippen LogP contribution in [-0.4, -0.2) is 6.29 Å². The van der Waals surface area contributed by atoms with Gasteiger partial charge in [0.25, 0.3) is 0 Å². The van der Waals surface area contributed by atoms with Crippen LogP contribution in [-0.2, 0) is 4.79 Å². The minimum absolute atomic E-state index is 0.754. The van der Waals surface area contributed by atoms with Crippen LogP contribution in [0.5, 0.6) is 0 Å². The van der Waals surface area contributed by atoms with Crippen molar-refractivity contribution in [2.75, 3.05) is 0 Å². The molecule has 1 aromatic carbocycles. The maximum absolute atomic E-state index is 10.1. The molecule has 0 aromatic heterocycles. The van der Waals surface area contributed by atoms with Crippen molar-refractivity contribution in [2.24, 2.45) is 0 Å². The number of aldehydes is 1. The molecular weight excluding hydrogens is 192 g/mol. The summed E-state index contributed by atoms with van der Waals surface area (Å²) in [5.74, 6) is 0. The summed E-state index contributed by atoms with van der Waals surface area (Å²) in [6.07, 6.45) is 3.92. The molecule has 1 nitrogen and oxygen atoms in total. The molecule has 0 bridgehead atoms. The van der Waals surface area contributed by atoms with Gasteiger partial charge in [0.05, 0.1) is 0 Å². The van der Waals surface area contributed by atoms with Crippen molar-refractivity contribution in [3.05, 3.63) is 53.5 Å². The van der Waals surface area contributed by atoms with E-state index in [0.717, 1.165) is 11.2 Å². The Hall–Kier alpha value is -1.28. The monoisotopic (exact) mass is 204 g/mol. The van der Waals surface area contributed by atoms with Crippen LogP contribution in [0.2, 0.25) is 0 Å². The first kappa shape index (κ1) is 10.8. The van der Waals surface area contributed by atoms with Crippen molar-refractivity contribution < 1.29 is 4.79 Å². The lowest BCUT2D eigenvalue weighted by atomic mass is 10.2. The van der Waals surface area contributed by atoms with Crippen LogP contribution in [0.4, 0.5) is 0 Å². The van der Waals surface area contributed by atoms with Gasteiger partial charge in [0.1, 0.15) is 6.29 Å². The molecule has 0 aliphatic heterocycles. The van der Waals surface area contributed by atoms with Crippen LogP contribution in [0, 0.1) is 6.92 Å². The lowest BCUT2D eigenvalue weighted by Gasteiger charge is -2.03. The third kappa shape index (κ3) is 3.23. The van der Waals surface area contributed by atoms with E-state index in [1.54, 1.807) is 17.8 Å². The van der Waals surface area contributed by atoms with E-state index in [-0.39, 0.29) is 0 Å². The zero-order valence-corrected chi connectivity index (χ0v) is 8.88. The lowest BCUT2D eigenvalue weighted by Crippen LogP contribution is -1.77. The molecule has 0 unspecified atom stereocenters. The maximum Gasteiger partial charge on any atom is 0.142 e. The van der Waals surface area contributed by atoms with E-state index in [0.29, 0.717) is 0 Å². The molecule has 72 valence electrons. The number of hydrogen-bond acceptors (Lipinski definition) is 2. The number of rotatable bonds is 4. The van der Waals surface area contributed by atoms with Crippen LogP contribution in [0.3, 0.4) is 0 Å². The van der Waals surface area contributed by atoms with Gasteiger partial charge in [-0.2, -0.15) is 0 Å². The minimum Gasteiger partial charge on any atom is -0.299 e. The summed E-state index contributed by atoms with van der Waals surface area (Å²) in [6, 6.07) is 8.09. The zero-order chi connectivity index (χ0) is 10.4. The summed E-state index contributed by atoms with van der Waals surface area (Å²) >= 11 is 1.57. The zero-order valence-electron chi connectivity index (χ0n) is 8.07. The van der Waals surface area contributed by atoms with Gasteiger partial charge in [-0.3, -0.25) is 4.79 Å². The van der Waals surface area contributed by atoms with Gasteiger partial charge < -0.3 is 0 Å². The van der Waals surface area contributed by atoms with Crippen LogP contribution in [0.25, 0.3) is 0 Å². The average molecular weight is 204 g/mol. The first-order valence-corrected chi connectivity index (χ1v) is 5.10. The fourth-order valence-electron chi connectivity index (χ4n) is 0.993. The predicted octanol–water partition coefficient (Wildman–Crippen LogP) is 3.36. The summed E-state index contributed by atoms with van der Waals surface area (Å²) in [7, 11) is 0. The molecular formula is C12H12OS. The van der Waals surface area contributed by atoms with E-state index >= 15 is 0 Å². The van der Waals surface area contributed by atoms with E-state index in [1.807, 2.05) is 18.2 Å². The molecule has 0 spiro atoms. The Balaban J connectivity index is 2.69. The highest BCUT2D eigenvalue weighted by Crippen LogP contribution is 2.28. The summed E-state index contributed by atoms with van der Waals surface area (Å²) in [4.78, 5) is 12.1. The Morgan fingerprint density at radius 3 is 2.79 bits per heavy atom. The number of hydrogen-bond donors (Lipinski definition) is 0. The molecule has 0 amide bonds. The maximum atomic E-state index is 10.1. The molecule has 14 heavy (non-hydrogen) atoms. The molecule has 0 saturated heterocycles. The van der Waals surface area contributed by atoms with Gasteiger partial charge >= 0.3 is 0 Å². The molecule has 0 radical (unpaired) electrons. The van der Waals surface area contributed by atoms with Crippen LogP contribution < -0.4 is 0 Å². The second kappa shape index (κ2) is 5.45. The molecule has 0 saturated carbocycles. The van der Waals surface area contributed by atoms with Gasteiger partial charge in [-0.25, -0.2) is 0 Å². The van der Waals surface area contributed by atoms with Crippen molar-refractivity contribution >= 4 is 18.0 Å². The number of thioether (sulfide) groups is 1. The number of benzene rings is 1. The average Bonchev–Trinajstić information content (AvgIpc) is 2.18. The molecule has 2 heteroatoms. The van der Waals surface area contributed by atoms with Crippen molar-refractivity contribution in [2.45, 2.75) is 11.8 Å². The van der Waals surface area contributed by atoms with E-state index in [9.17, 15) is 4.79 Å². The first-order chi connectivity index (χ1) is 6.74. The first-order valence-electron chi connectivity index (χ1n) is 4.28. The number of carbonyl (C=O) groups is 1. The second-order valence-electron chi connectivity index (χ2n) is 2.83. The SMILES string of the molecule is C=C(/C=C/C=O)Sc1ccccc1C. The van der Waals surface area contributed by atoms with Gasteiger partial charge in [-0.1, -0.05) is 36.5 Å². The predicted molar refractivity (Wildman–Crippen MR) is 61.4 cm³/mol. The van der Waals surface area contributed by atoms with E-state index < -0.39 is 0 Å². The molecule has 0 aliphatic rings. The van der Waals surface area contributed by atoms with Crippen LogP contribution >= 0.6 is 11.8 Å². The molecule has 0 fully saturated rings. The Morgan fingerprint density at radius 1 is 1.43 bits per heavy atom. The van der Waals surface area contributed by atoms with Crippen LogP contribution in [0.15, 0.2) is 52.8 Å². The van der Waals surface area contributed by atoms with Gasteiger partial charge in [0.2, 0.25) is 0 Å². The van der Waals surface area contributed by atoms with Crippen molar-refractivity contribution in [3.8, 4) is 0 Å². The third-order valence-electron chi connectivity index (χ3n) is 1.70. The number of aryl methyl sites for hydroxylation is 1. The van der Waals surface area contributed by atoms with E-state index in [2.05, 4.69) is 19.6 Å². The van der Waals surface area contributed by atoms with E-state index in [1.165, 1.54) is 16.5 Å². The normalized spacial score (nSPS) is 10.4. The Labute approximate surface area is 88.5 Å². The summed E-state index contributed by atoms with van der Waals surface area (Å²) < 4.78 is 0. The fourth-order valence-corrected chi connectivity index (χ4v) is 1.80. The molecule has 0 heterocycles. The lowest BCUT2D eigenvalue weighted by molar-refractivity contribution is -0.104. The molecule has 1 aromatic rings. The Kier molecular flexibility index (Phi) is 4.20. The third-order valence-corrected chi connectivity index (χ3v) is 2.77. The Morgan fingerprint density at radius 2 is 2.14 bits per heavy atom. The fraction of sp³-hybridized carbons (Fsp3) is 0.0833. The van der Waals surface area contributed by atoms with Crippen LogP contribution in [0.1, 0.15) is 5.56 Å². The largest absolute Gasteiger partial charge is 0.299 e. The minimum atomic E-state index is 0.754. The van der Waals surface area contributed by atoms with E-state index in [4.69, 9.17) is 0 Å². The highest BCUT2D eigenvalue weighted by Gasteiger charge is 1.97. The van der Waals surface area contributed by atoms with Gasteiger partial charge in [-0.15, -0.1) is 0 Å². The topological polar surface area (TPSA) is 17.1 Å². The summed E-state index contributed by atoms with van der Waals surface area (Å²) in [5, 5.41) is 0. The molecule has 0 aliphatic carbocycles. The van der Waals surface area contributed by atoms with Gasteiger partial charge in [0.15, 0.2) is 0 Å². The summed E-state index contributed by atoms with van der Waals surface area (Å²) in [5.41, 5.74) is 1.22. The summed E-state index contributed by atoms with van der Waals surface area (Å²) in [6.45, 7) is 5.90. The van der Waals surface area contributed by atoms with Gasteiger partial charge in [0, 0.05) is 9.80 Å². The molecule has 0 atom stereocenters. The number of carbonyl (C=O) groups excluding carboxylic acids is 1. The van der Waals surface area contributed by atoms with Crippen molar-refractivity contribution in [1.82, 2.24) is 0 Å². The highest BCUT2D eigenvalue weighted by molar-refractivity contribution is 8.03. The van der Waals surface area contributed by atoms with Crippen molar-refractivity contribution in [3.63, 3.8) is 0 Å². The highest BCUT2D eigenvalue weighted by atomic mass is 32.2. The smallest absolute Gasteiger partial charge is 0.142 e. The van der Waals surface area contributed by atoms with Crippen molar-refractivity contribution in [1.29, 1.82) is 0 Å². The Bertz CT molecular complexity index is 366. The molecule has 1 rings (SSSR count). The van der Waals surface area contributed by atoms with Gasteiger partial charge in [-0.05, 0) is 30.7 Å². The quantitative estimate of drug-likeness (QED) is 0.324. The second-order valence-corrected chi connectivity index (χ2v) is 4.00.